The number of amides is 1. The molecule has 0 spiro atoms. The number of carbonyl (C=O) groups is 2. The van der Waals surface area contributed by atoms with Gasteiger partial charge in [0.2, 0.25) is 5.91 Å². The van der Waals surface area contributed by atoms with Gasteiger partial charge in [-0.15, -0.1) is 0 Å². The van der Waals surface area contributed by atoms with Crippen LogP contribution in [-0.2, 0) is 14.3 Å². The summed E-state index contributed by atoms with van der Waals surface area (Å²) < 4.78 is 5.48. The molecule has 0 rings (SSSR count). The first-order chi connectivity index (χ1) is 34.5. The molecule has 6 nitrogen and oxygen atoms in total. The van der Waals surface area contributed by atoms with Crippen molar-refractivity contribution in [2.45, 2.75) is 373 Å². The topological polar surface area (TPSA) is 95.9 Å². The van der Waals surface area contributed by atoms with Crippen molar-refractivity contribution in [2.24, 2.45) is 0 Å². The molecule has 6 heteroatoms. The van der Waals surface area contributed by atoms with Gasteiger partial charge in [0.1, 0.15) is 0 Å². The van der Waals surface area contributed by atoms with E-state index in [0.717, 1.165) is 38.5 Å². The summed E-state index contributed by atoms with van der Waals surface area (Å²) in [7, 11) is 0. The molecule has 0 bridgehead atoms. The van der Waals surface area contributed by atoms with E-state index in [0.29, 0.717) is 25.9 Å². The molecular formula is C64H125NO5. The van der Waals surface area contributed by atoms with Crippen molar-refractivity contribution in [3.8, 4) is 0 Å². The molecule has 0 aromatic heterocycles. The Balaban J connectivity index is 3.32. The largest absolute Gasteiger partial charge is 0.466 e. The molecule has 3 N–H and O–H groups in total. The van der Waals surface area contributed by atoms with E-state index < -0.39 is 12.1 Å². The molecule has 2 atom stereocenters. The molecule has 0 saturated heterocycles. The predicted molar refractivity (Wildman–Crippen MR) is 306 cm³/mol. The number of carbonyl (C=O) groups excluding carboxylic acids is 2. The van der Waals surface area contributed by atoms with Gasteiger partial charge >= 0.3 is 5.97 Å². The molecule has 0 aliphatic carbocycles. The first-order valence-electron chi connectivity index (χ1n) is 31.9. The van der Waals surface area contributed by atoms with Gasteiger partial charge in [0, 0.05) is 12.8 Å². The summed E-state index contributed by atoms with van der Waals surface area (Å²) in [6.07, 6.45) is 72.5. The number of nitrogens with one attached hydrogen (secondary N) is 1. The number of rotatable bonds is 60. The number of aliphatic hydroxyl groups is 2. The molecule has 0 aliphatic rings. The molecule has 0 aliphatic heterocycles. The highest BCUT2D eigenvalue weighted by atomic mass is 16.5. The normalized spacial score (nSPS) is 12.6. The number of hydrogen-bond donors (Lipinski definition) is 3. The lowest BCUT2D eigenvalue weighted by molar-refractivity contribution is -0.143. The highest BCUT2D eigenvalue weighted by Gasteiger charge is 2.20. The Labute approximate surface area is 438 Å². The zero-order chi connectivity index (χ0) is 50.7. The van der Waals surface area contributed by atoms with Crippen molar-refractivity contribution in [3.63, 3.8) is 0 Å². The number of unbranched alkanes of at least 4 members (excludes halogenated alkanes) is 47. The minimum atomic E-state index is -0.659. The highest BCUT2D eigenvalue weighted by molar-refractivity contribution is 5.76. The summed E-state index contributed by atoms with van der Waals surface area (Å²) in [5.74, 6) is -0.0140. The molecule has 0 radical (unpaired) electrons. The van der Waals surface area contributed by atoms with E-state index in [1.54, 1.807) is 0 Å². The van der Waals surface area contributed by atoms with Crippen molar-refractivity contribution in [1.82, 2.24) is 5.32 Å². The van der Waals surface area contributed by atoms with Crippen LogP contribution in [0.1, 0.15) is 361 Å². The van der Waals surface area contributed by atoms with Crippen LogP contribution < -0.4 is 5.32 Å². The van der Waals surface area contributed by atoms with Crippen LogP contribution in [0.4, 0.5) is 0 Å². The van der Waals surface area contributed by atoms with Gasteiger partial charge in [-0.25, -0.2) is 0 Å². The number of hydrogen-bond acceptors (Lipinski definition) is 5. The van der Waals surface area contributed by atoms with Crippen LogP contribution in [0, 0.1) is 0 Å². The van der Waals surface area contributed by atoms with E-state index in [1.165, 1.54) is 289 Å². The second-order valence-corrected chi connectivity index (χ2v) is 22.1. The van der Waals surface area contributed by atoms with Crippen LogP contribution in [-0.4, -0.2) is 47.4 Å². The van der Waals surface area contributed by atoms with E-state index in [2.05, 4.69) is 31.3 Å². The number of allylic oxidation sites excluding steroid dienone is 2. The molecular weight excluding hydrogens is 863 g/mol. The standard InChI is InChI=1S/C64H125NO5/c1-3-5-7-9-11-13-14-34-38-42-46-50-54-58-64(69)70-59-55-51-47-43-39-36-33-31-29-27-25-23-21-19-17-15-16-18-20-22-24-26-28-30-32-35-37-41-45-49-53-57-63(68)65-61(60-66)62(67)56-52-48-44-40-12-10-8-6-4-2/h17,19,61-62,66-67H,3-16,18,20-60H2,1-2H3,(H,65,68)/b19-17-. The Kier molecular flexibility index (Phi) is 59.0. The summed E-state index contributed by atoms with van der Waals surface area (Å²) in [5.41, 5.74) is 0. The lowest BCUT2D eigenvalue weighted by atomic mass is 10.0. The van der Waals surface area contributed by atoms with Gasteiger partial charge in [-0.1, -0.05) is 309 Å². The van der Waals surface area contributed by atoms with Crippen molar-refractivity contribution < 1.29 is 24.5 Å². The molecule has 0 heterocycles. The monoisotopic (exact) mass is 988 g/mol. The van der Waals surface area contributed by atoms with E-state index >= 15 is 0 Å². The van der Waals surface area contributed by atoms with Crippen molar-refractivity contribution >= 4 is 11.9 Å². The van der Waals surface area contributed by atoms with Crippen LogP contribution in [0.15, 0.2) is 12.2 Å². The summed E-state index contributed by atoms with van der Waals surface area (Å²) in [5, 5.41) is 23.1. The Hall–Kier alpha value is -1.40. The molecule has 1 amide bonds. The predicted octanol–water partition coefficient (Wildman–Crippen LogP) is 20.0. The fraction of sp³-hybridized carbons (Fsp3) is 0.938. The molecule has 0 saturated carbocycles. The Morgan fingerprint density at radius 1 is 0.386 bits per heavy atom. The SMILES string of the molecule is CCCCCCCCCCCCCCCC(=O)OCCCCCCCCCCCCCC/C=C\CCCCCCCCCCCCCCCCCC(=O)NC(CO)C(O)CCCCCCCCCCC. The van der Waals surface area contributed by atoms with Gasteiger partial charge in [0.25, 0.3) is 0 Å². The minimum absolute atomic E-state index is 0.0196. The fourth-order valence-electron chi connectivity index (χ4n) is 10.2. The summed E-state index contributed by atoms with van der Waals surface area (Å²) in [6, 6.07) is -0.537. The third kappa shape index (κ3) is 55.9. The highest BCUT2D eigenvalue weighted by Crippen LogP contribution is 2.18. The van der Waals surface area contributed by atoms with Gasteiger partial charge < -0.3 is 20.3 Å². The summed E-state index contributed by atoms with van der Waals surface area (Å²) in [4.78, 5) is 24.4. The van der Waals surface area contributed by atoms with Crippen LogP contribution in [0.2, 0.25) is 0 Å². The number of ether oxygens (including phenoxy) is 1. The maximum absolute atomic E-state index is 12.4. The molecule has 2 unspecified atom stereocenters. The molecule has 0 aromatic carbocycles. The average molecular weight is 989 g/mol. The van der Waals surface area contributed by atoms with Gasteiger partial charge in [-0.05, 0) is 51.4 Å². The zero-order valence-corrected chi connectivity index (χ0v) is 47.5. The van der Waals surface area contributed by atoms with Crippen LogP contribution in [0.3, 0.4) is 0 Å². The zero-order valence-electron chi connectivity index (χ0n) is 47.5. The lowest BCUT2D eigenvalue weighted by Gasteiger charge is -2.22. The third-order valence-corrected chi connectivity index (χ3v) is 15.1. The number of aliphatic hydroxyl groups excluding tert-OH is 2. The first-order valence-corrected chi connectivity index (χ1v) is 31.9. The van der Waals surface area contributed by atoms with Gasteiger partial charge in [-0.2, -0.15) is 0 Å². The average Bonchev–Trinajstić information content (AvgIpc) is 3.36. The quantitative estimate of drug-likeness (QED) is 0.0321. The van der Waals surface area contributed by atoms with Crippen LogP contribution in [0.5, 0.6) is 0 Å². The third-order valence-electron chi connectivity index (χ3n) is 15.1. The minimum Gasteiger partial charge on any atom is -0.466 e. The van der Waals surface area contributed by atoms with Gasteiger partial charge in [0.15, 0.2) is 0 Å². The van der Waals surface area contributed by atoms with E-state index in [4.69, 9.17) is 4.74 Å². The Morgan fingerprint density at radius 3 is 1.01 bits per heavy atom. The molecule has 0 aromatic rings. The van der Waals surface area contributed by atoms with Crippen molar-refractivity contribution in [2.75, 3.05) is 13.2 Å². The van der Waals surface area contributed by atoms with Crippen molar-refractivity contribution in [3.05, 3.63) is 12.2 Å². The number of esters is 1. The second kappa shape index (κ2) is 60.2. The molecule has 416 valence electrons. The van der Waals surface area contributed by atoms with E-state index in [9.17, 15) is 19.8 Å². The molecule has 70 heavy (non-hydrogen) atoms. The second-order valence-electron chi connectivity index (χ2n) is 22.1. The smallest absolute Gasteiger partial charge is 0.305 e. The summed E-state index contributed by atoms with van der Waals surface area (Å²) >= 11 is 0. The van der Waals surface area contributed by atoms with Gasteiger partial charge in [0.05, 0.1) is 25.4 Å². The Bertz CT molecular complexity index is 1050. The van der Waals surface area contributed by atoms with E-state index in [-0.39, 0.29) is 18.5 Å². The summed E-state index contributed by atoms with van der Waals surface area (Å²) in [6.45, 7) is 4.96. The van der Waals surface area contributed by atoms with Crippen LogP contribution >= 0.6 is 0 Å². The fourth-order valence-corrected chi connectivity index (χ4v) is 10.2. The van der Waals surface area contributed by atoms with Crippen molar-refractivity contribution in [1.29, 1.82) is 0 Å². The lowest BCUT2D eigenvalue weighted by Crippen LogP contribution is -2.45. The maximum Gasteiger partial charge on any atom is 0.305 e. The Morgan fingerprint density at radius 2 is 0.671 bits per heavy atom. The molecule has 0 fully saturated rings. The maximum atomic E-state index is 12.4. The van der Waals surface area contributed by atoms with Crippen LogP contribution in [0.25, 0.3) is 0 Å². The van der Waals surface area contributed by atoms with Gasteiger partial charge in [-0.3, -0.25) is 9.59 Å². The van der Waals surface area contributed by atoms with E-state index in [1.807, 2.05) is 0 Å². The first kappa shape index (κ1) is 68.6.